The van der Waals surface area contributed by atoms with E-state index in [1.807, 2.05) is 11.8 Å². The molecule has 0 saturated carbocycles. The average Bonchev–Trinajstić information content (AvgIpc) is 2.42. The minimum Gasteiger partial charge on any atom is -0.479 e. The van der Waals surface area contributed by atoms with Crippen molar-refractivity contribution in [2.75, 3.05) is 19.7 Å². The molecule has 1 fully saturated rings. The van der Waals surface area contributed by atoms with Crippen molar-refractivity contribution in [2.45, 2.75) is 19.1 Å². The highest BCUT2D eigenvalue weighted by Gasteiger charge is 2.30. The SMILES string of the molecule is CC(c1cc(F)c(Cl)cc1Cl)N1CCOC(C(=O)O)C1. The van der Waals surface area contributed by atoms with Crippen molar-refractivity contribution in [1.82, 2.24) is 4.90 Å². The summed E-state index contributed by atoms with van der Waals surface area (Å²) >= 11 is 11.8. The molecule has 1 N–H and O–H groups in total. The van der Waals surface area contributed by atoms with E-state index in [1.54, 1.807) is 0 Å². The van der Waals surface area contributed by atoms with Gasteiger partial charge in [0.1, 0.15) is 5.82 Å². The number of carbonyl (C=O) groups is 1. The van der Waals surface area contributed by atoms with Crippen LogP contribution in [0.5, 0.6) is 0 Å². The minimum atomic E-state index is -1.00. The van der Waals surface area contributed by atoms with Gasteiger partial charge < -0.3 is 9.84 Å². The lowest BCUT2D eigenvalue weighted by molar-refractivity contribution is -0.157. The van der Waals surface area contributed by atoms with Crippen molar-refractivity contribution in [2.24, 2.45) is 0 Å². The Bertz CT molecular complexity index is 527. The van der Waals surface area contributed by atoms with Crippen LogP contribution in [0.15, 0.2) is 12.1 Å². The number of rotatable bonds is 3. The molecule has 1 heterocycles. The Morgan fingerprint density at radius 3 is 2.85 bits per heavy atom. The van der Waals surface area contributed by atoms with Crippen molar-refractivity contribution in [3.05, 3.63) is 33.6 Å². The van der Waals surface area contributed by atoms with E-state index in [2.05, 4.69) is 0 Å². The molecule has 0 bridgehead atoms. The molecule has 1 aliphatic rings. The summed E-state index contributed by atoms with van der Waals surface area (Å²) in [4.78, 5) is 12.9. The van der Waals surface area contributed by atoms with Gasteiger partial charge in [0.2, 0.25) is 0 Å². The number of aliphatic carboxylic acids is 1. The summed E-state index contributed by atoms with van der Waals surface area (Å²) in [5, 5.41) is 9.32. The maximum Gasteiger partial charge on any atom is 0.334 e. The molecule has 0 aliphatic carbocycles. The van der Waals surface area contributed by atoms with Crippen molar-refractivity contribution in [3.8, 4) is 0 Å². The highest BCUT2D eigenvalue weighted by molar-refractivity contribution is 6.35. The van der Waals surface area contributed by atoms with Crippen LogP contribution in [0.2, 0.25) is 10.0 Å². The van der Waals surface area contributed by atoms with Gasteiger partial charge >= 0.3 is 5.97 Å². The second-order valence-electron chi connectivity index (χ2n) is 4.66. The van der Waals surface area contributed by atoms with Crippen LogP contribution in [0.1, 0.15) is 18.5 Å². The first-order chi connectivity index (χ1) is 9.40. The van der Waals surface area contributed by atoms with Crippen LogP contribution in [0, 0.1) is 5.82 Å². The summed E-state index contributed by atoms with van der Waals surface area (Å²) in [7, 11) is 0. The molecule has 110 valence electrons. The molecule has 0 aromatic heterocycles. The molecular formula is C13H14Cl2FNO3. The fourth-order valence-electron chi connectivity index (χ4n) is 2.23. The Balaban J connectivity index is 2.20. The second kappa shape index (κ2) is 6.26. The third kappa shape index (κ3) is 3.23. The first-order valence-electron chi connectivity index (χ1n) is 6.13. The third-order valence-corrected chi connectivity index (χ3v) is 4.03. The maximum absolute atomic E-state index is 13.6. The molecule has 0 spiro atoms. The van der Waals surface area contributed by atoms with E-state index in [0.29, 0.717) is 23.7 Å². The van der Waals surface area contributed by atoms with Crippen molar-refractivity contribution >= 4 is 29.2 Å². The number of nitrogens with zero attached hydrogens (tertiary/aromatic N) is 1. The van der Waals surface area contributed by atoms with Crippen LogP contribution in [0.25, 0.3) is 0 Å². The van der Waals surface area contributed by atoms with Crippen molar-refractivity contribution < 1.29 is 19.0 Å². The number of benzene rings is 1. The van der Waals surface area contributed by atoms with E-state index in [4.69, 9.17) is 33.0 Å². The van der Waals surface area contributed by atoms with E-state index in [1.165, 1.54) is 12.1 Å². The standard InChI is InChI=1S/C13H14Cl2FNO3/c1-7(8-4-11(16)10(15)5-9(8)14)17-2-3-20-12(6-17)13(18)19/h4-5,7,12H,2-3,6H2,1H3,(H,18,19). The zero-order valence-electron chi connectivity index (χ0n) is 10.8. The van der Waals surface area contributed by atoms with Crippen molar-refractivity contribution in [1.29, 1.82) is 0 Å². The van der Waals surface area contributed by atoms with Gasteiger partial charge in [-0.1, -0.05) is 23.2 Å². The normalized spacial score (nSPS) is 21.7. The van der Waals surface area contributed by atoms with Gasteiger partial charge in [-0.25, -0.2) is 9.18 Å². The molecule has 7 heteroatoms. The molecule has 2 atom stereocenters. The summed E-state index contributed by atoms with van der Waals surface area (Å²) in [5.74, 6) is -1.55. The van der Waals surface area contributed by atoms with Gasteiger partial charge in [0, 0.05) is 24.2 Å². The van der Waals surface area contributed by atoms with Crippen molar-refractivity contribution in [3.63, 3.8) is 0 Å². The van der Waals surface area contributed by atoms with E-state index < -0.39 is 17.9 Å². The Hall–Kier alpha value is -0.880. The van der Waals surface area contributed by atoms with Crippen LogP contribution < -0.4 is 0 Å². The fourth-order valence-corrected chi connectivity index (χ4v) is 2.77. The number of carboxylic acid groups (broad SMARTS) is 1. The largest absolute Gasteiger partial charge is 0.479 e. The molecule has 2 rings (SSSR count). The van der Waals surface area contributed by atoms with Gasteiger partial charge in [-0.15, -0.1) is 0 Å². The Morgan fingerprint density at radius 2 is 2.20 bits per heavy atom. The molecule has 1 aromatic rings. The molecule has 0 radical (unpaired) electrons. The molecule has 2 unspecified atom stereocenters. The molecule has 0 amide bonds. The molecular weight excluding hydrogens is 308 g/mol. The summed E-state index contributed by atoms with van der Waals surface area (Å²) in [6, 6.07) is 2.43. The maximum atomic E-state index is 13.6. The number of halogens is 3. The van der Waals surface area contributed by atoms with Crippen LogP contribution in [0.4, 0.5) is 4.39 Å². The molecule has 1 saturated heterocycles. The summed E-state index contributed by atoms with van der Waals surface area (Å²) in [6.07, 6.45) is -0.873. The highest BCUT2D eigenvalue weighted by atomic mass is 35.5. The number of ether oxygens (including phenoxy) is 1. The Kier molecular flexibility index (Phi) is 4.86. The molecule has 20 heavy (non-hydrogen) atoms. The van der Waals surface area contributed by atoms with Gasteiger partial charge in [0.05, 0.1) is 11.6 Å². The average molecular weight is 322 g/mol. The monoisotopic (exact) mass is 321 g/mol. The van der Waals surface area contributed by atoms with Crippen LogP contribution in [0.3, 0.4) is 0 Å². The summed E-state index contributed by atoms with van der Waals surface area (Å²) in [6.45, 7) is 2.95. The van der Waals surface area contributed by atoms with Crippen LogP contribution in [-0.4, -0.2) is 41.8 Å². The number of morpholine rings is 1. The second-order valence-corrected chi connectivity index (χ2v) is 5.47. The Labute approximate surface area is 126 Å². The topological polar surface area (TPSA) is 49.8 Å². The first-order valence-corrected chi connectivity index (χ1v) is 6.88. The zero-order chi connectivity index (χ0) is 14.9. The van der Waals surface area contributed by atoms with E-state index in [0.717, 1.165) is 0 Å². The number of hydrogen-bond donors (Lipinski definition) is 1. The molecule has 1 aliphatic heterocycles. The number of hydrogen-bond acceptors (Lipinski definition) is 3. The lowest BCUT2D eigenvalue weighted by Gasteiger charge is -2.35. The van der Waals surface area contributed by atoms with Gasteiger partial charge in [0.25, 0.3) is 0 Å². The third-order valence-electron chi connectivity index (χ3n) is 3.41. The predicted octanol–water partition coefficient (Wildman–Crippen LogP) is 2.98. The van der Waals surface area contributed by atoms with Crippen LogP contribution >= 0.6 is 23.2 Å². The van der Waals surface area contributed by atoms with Crippen LogP contribution in [-0.2, 0) is 9.53 Å². The van der Waals surface area contributed by atoms with Gasteiger partial charge in [0.15, 0.2) is 6.10 Å². The molecule has 4 nitrogen and oxygen atoms in total. The summed E-state index contributed by atoms with van der Waals surface area (Å²) < 4.78 is 18.7. The smallest absolute Gasteiger partial charge is 0.334 e. The molecule has 1 aromatic carbocycles. The quantitative estimate of drug-likeness (QED) is 0.869. The first kappa shape index (κ1) is 15.5. The lowest BCUT2D eigenvalue weighted by atomic mass is 10.1. The van der Waals surface area contributed by atoms with E-state index >= 15 is 0 Å². The summed E-state index contributed by atoms with van der Waals surface area (Å²) in [5.41, 5.74) is 0.583. The zero-order valence-corrected chi connectivity index (χ0v) is 12.3. The minimum absolute atomic E-state index is 0.0312. The fraction of sp³-hybridized carbons (Fsp3) is 0.462. The Morgan fingerprint density at radius 1 is 1.50 bits per heavy atom. The highest BCUT2D eigenvalue weighted by Crippen LogP contribution is 2.32. The number of carboxylic acids is 1. The lowest BCUT2D eigenvalue weighted by Crippen LogP contribution is -2.46. The van der Waals surface area contributed by atoms with E-state index in [9.17, 15) is 9.18 Å². The van der Waals surface area contributed by atoms with E-state index in [-0.39, 0.29) is 17.6 Å². The van der Waals surface area contributed by atoms with Gasteiger partial charge in [-0.2, -0.15) is 0 Å². The predicted molar refractivity (Wildman–Crippen MR) is 73.8 cm³/mol. The van der Waals surface area contributed by atoms with Gasteiger partial charge in [-0.05, 0) is 24.6 Å². The van der Waals surface area contributed by atoms with Gasteiger partial charge in [-0.3, -0.25) is 4.90 Å².